The van der Waals surface area contributed by atoms with Gasteiger partial charge in [0.1, 0.15) is 5.82 Å². The van der Waals surface area contributed by atoms with Crippen LogP contribution in [0, 0.1) is 0 Å². The molecule has 2 saturated heterocycles. The van der Waals surface area contributed by atoms with Crippen LogP contribution in [-0.4, -0.2) is 68.6 Å². The molecule has 2 aliphatic rings. The maximum Gasteiger partial charge on any atom is 0.337 e. The van der Waals surface area contributed by atoms with Crippen molar-refractivity contribution in [1.82, 2.24) is 15.4 Å². The molecule has 0 bridgehead atoms. The van der Waals surface area contributed by atoms with E-state index in [2.05, 4.69) is 31.0 Å². The number of aromatic nitrogens is 2. The largest absolute Gasteiger partial charge is 0.378 e. The standard InChI is InChI=1S/C19H25N7O3/c27-19(20-15-4-2-1-3-5-15)24-23-16-14-17(25-6-10-28-11-7-25)22-18(21-16)26-8-12-29-13-9-26/h1-5,14H,6-13H2,(H2,20,24,27)(H,21,22,23). The molecule has 0 spiro atoms. The zero-order chi connectivity index (χ0) is 19.9. The van der Waals surface area contributed by atoms with Crippen LogP contribution in [0.4, 0.5) is 28.1 Å². The van der Waals surface area contributed by atoms with Crippen molar-refractivity contribution in [3.05, 3.63) is 36.4 Å². The van der Waals surface area contributed by atoms with Gasteiger partial charge in [-0.1, -0.05) is 18.2 Å². The molecule has 2 fully saturated rings. The number of benzene rings is 1. The number of hydrogen-bond acceptors (Lipinski definition) is 8. The topological polar surface area (TPSA) is 104 Å². The molecular weight excluding hydrogens is 374 g/mol. The summed E-state index contributed by atoms with van der Waals surface area (Å²) in [6, 6.07) is 10.7. The van der Waals surface area contributed by atoms with Crippen molar-refractivity contribution in [1.29, 1.82) is 0 Å². The van der Waals surface area contributed by atoms with E-state index in [1.165, 1.54) is 0 Å². The summed E-state index contributed by atoms with van der Waals surface area (Å²) in [5.41, 5.74) is 6.23. The maximum atomic E-state index is 12.2. The van der Waals surface area contributed by atoms with Crippen molar-refractivity contribution >= 4 is 29.3 Å². The second-order valence-corrected chi connectivity index (χ2v) is 6.68. The number of carbonyl (C=O) groups is 1. The first kappa shape index (κ1) is 19.2. The molecule has 4 rings (SSSR count). The molecule has 2 amide bonds. The summed E-state index contributed by atoms with van der Waals surface area (Å²) >= 11 is 0. The van der Waals surface area contributed by atoms with E-state index in [1.54, 1.807) is 0 Å². The summed E-state index contributed by atoms with van der Waals surface area (Å²) in [6.07, 6.45) is 0. The van der Waals surface area contributed by atoms with Gasteiger partial charge in [-0.25, -0.2) is 4.79 Å². The van der Waals surface area contributed by atoms with Gasteiger partial charge in [0.25, 0.3) is 0 Å². The fourth-order valence-electron chi connectivity index (χ4n) is 3.15. The Hall–Kier alpha value is -3.11. The van der Waals surface area contributed by atoms with E-state index >= 15 is 0 Å². The molecule has 2 aliphatic heterocycles. The first-order valence-corrected chi connectivity index (χ1v) is 9.70. The lowest BCUT2D eigenvalue weighted by Gasteiger charge is -2.31. The monoisotopic (exact) mass is 399 g/mol. The minimum absolute atomic E-state index is 0.379. The Labute approximate surface area is 169 Å². The summed E-state index contributed by atoms with van der Waals surface area (Å²) in [6.45, 7) is 5.61. The van der Waals surface area contributed by atoms with Crippen LogP contribution >= 0.6 is 0 Å². The summed E-state index contributed by atoms with van der Waals surface area (Å²) in [5, 5.41) is 2.76. The van der Waals surface area contributed by atoms with Gasteiger partial charge >= 0.3 is 6.03 Å². The van der Waals surface area contributed by atoms with E-state index in [0.717, 1.165) is 32.0 Å². The number of urea groups is 1. The van der Waals surface area contributed by atoms with Crippen LogP contribution in [0.2, 0.25) is 0 Å². The molecule has 2 aromatic rings. The predicted molar refractivity (Wildman–Crippen MR) is 110 cm³/mol. The number of ether oxygens (including phenoxy) is 2. The highest BCUT2D eigenvalue weighted by molar-refractivity contribution is 5.89. The van der Waals surface area contributed by atoms with Gasteiger partial charge in [0.15, 0.2) is 5.82 Å². The third-order valence-electron chi connectivity index (χ3n) is 4.67. The summed E-state index contributed by atoms with van der Waals surface area (Å²) < 4.78 is 10.9. The lowest BCUT2D eigenvalue weighted by atomic mass is 10.3. The quantitative estimate of drug-likeness (QED) is 0.647. The first-order valence-electron chi connectivity index (χ1n) is 9.70. The highest BCUT2D eigenvalue weighted by Crippen LogP contribution is 2.21. The van der Waals surface area contributed by atoms with Crippen molar-refractivity contribution in [3.63, 3.8) is 0 Å². The summed E-state index contributed by atoms with van der Waals surface area (Å²) in [5.74, 6) is 1.94. The fourth-order valence-corrected chi connectivity index (χ4v) is 3.15. The lowest BCUT2D eigenvalue weighted by Crippen LogP contribution is -2.40. The number of morpholine rings is 2. The second kappa shape index (κ2) is 9.39. The SMILES string of the molecule is O=C(NNc1cc(N2CCOCC2)nc(N2CCOCC2)n1)Nc1ccccc1. The number of nitrogens with one attached hydrogen (secondary N) is 3. The molecule has 29 heavy (non-hydrogen) atoms. The lowest BCUT2D eigenvalue weighted by molar-refractivity contribution is 0.121. The van der Waals surface area contributed by atoms with Crippen molar-refractivity contribution in [2.75, 3.05) is 73.1 Å². The molecule has 154 valence electrons. The Morgan fingerprint density at radius 1 is 0.897 bits per heavy atom. The van der Waals surface area contributed by atoms with Crippen LogP contribution in [0.3, 0.4) is 0 Å². The van der Waals surface area contributed by atoms with Crippen molar-refractivity contribution in [2.24, 2.45) is 0 Å². The summed E-state index contributed by atoms with van der Waals surface area (Å²) in [7, 11) is 0. The van der Waals surface area contributed by atoms with E-state index in [0.29, 0.717) is 43.9 Å². The Morgan fingerprint density at radius 3 is 2.24 bits per heavy atom. The van der Waals surface area contributed by atoms with Gasteiger partial charge in [-0.05, 0) is 12.1 Å². The summed E-state index contributed by atoms with van der Waals surface area (Å²) in [4.78, 5) is 25.7. The van der Waals surface area contributed by atoms with Gasteiger partial charge in [-0.3, -0.25) is 10.9 Å². The highest BCUT2D eigenvalue weighted by Gasteiger charge is 2.19. The number of anilines is 4. The Morgan fingerprint density at radius 2 is 1.55 bits per heavy atom. The van der Waals surface area contributed by atoms with Crippen LogP contribution in [-0.2, 0) is 9.47 Å². The van der Waals surface area contributed by atoms with Crippen molar-refractivity contribution < 1.29 is 14.3 Å². The van der Waals surface area contributed by atoms with Crippen LogP contribution in [0.5, 0.6) is 0 Å². The molecule has 0 aliphatic carbocycles. The molecule has 1 aromatic carbocycles. The van der Waals surface area contributed by atoms with Crippen LogP contribution in [0.15, 0.2) is 36.4 Å². The normalized spacial score (nSPS) is 17.0. The zero-order valence-corrected chi connectivity index (χ0v) is 16.1. The van der Waals surface area contributed by atoms with E-state index in [-0.39, 0.29) is 6.03 Å². The molecule has 3 heterocycles. The van der Waals surface area contributed by atoms with Gasteiger partial charge < -0.3 is 24.6 Å². The third kappa shape index (κ3) is 5.24. The van der Waals surface area contributed by atoms with E-state index < -0.39 is 0 Å². The van der Waals surface area contributed by atoms with E-state index in [1.807, 2.05) is 36.4 Å². The van der Waals surface area contributed by atoms with Crippen LogP contribution in [0.25, 0.3) is 0 Å². The third-order valence-corrected chi connectivity index (χ3v) is 4.67. The average molecular weight is 399 g/mol. The van der Waals surface area contributed by atoms with Crippen LogP contribution in [0.1, 0.15) is 0 Å². The smallest absolute Gasteiger partial charge is 0.337 e. The fraction of sp³-hybridized carbons (Fsp3) is 0.421. The Bertz CT molecular complexity index is 772. The molecule has 1 aromatic heterocycles. The molecule has 10 nitrogen and oxygen atoms in total. The highest BCUT2D eigenvalue weighted by atomic mass is 16.5. The number of nitrogens with zero attached hydrogens (tertiary/aromatic N) is 4. The molecule has 0 saturated carbocycles. The molecule has 0 atom stereocenters. The van der Waals surface area contributed by atoms with E-state index in [4.69, 9.17) is 14.5 Å². The van der Waals surface area contributed by atoms with Gasteiger partial charge in [0.05, 0.1) is 26.4 Å². The number of carbonyl (C=O) groups excluding carboxylic acids is 1. The predicted octanol–water partition coefficient (Wildman–Crippen LogP) is 1.30. The van der Waals surface area contributed by atoms with E-state index in [9.17, 15) is 4.79 Å². The Balaban J connectivity index is 1.47. The molecule has 0 radical (unpaired) electrons. The van der Waals surface area contributed by atoms with Gasteiger partial charge in [-0.15, -0.1) is 0 Å². The van der Waals surface area contributed by atoms with Gasteiger partial charge in [0.2, 0.25) is 5.95 Å². The van der Waals surface area contributed by atoms with Crippen LogP contribution < -0.4 is 26.0 Å². The number of para-hydroxylation sites is 1. The minimum Gasteiger partial charge on any atom is -0.378 e. The number of hydrogen-bond donors (Lipinski definition) is 3. The van der Waals surface area contributed by atoms with Crippen molar-refractivity contribution in [2.45, 2.75) is 0 Å². The van der Waals surface area contributed by atoms with Crippen molar-refractivity contribution in [3.8, 4) is 0 Å². The average Bonchev–Trinajstić information content (AvgIpc) is 2.79. The zero-order valence-electron chi connectivity index (χ0n) is 16.1. The van der Waals surface area contributed by atoms with Gasteiger partial charge in [-0.2, -0.15) is 9.97 Å². The Kier molecular flexibility index (Phi) is 6.22. The molecule has 0 unspecified atom stereocenters. The molecule has 10 heteroatoms. The second-order valence-electron chi connectivity index (χ2n) is 6.68. The molecule has 3 N–H and O–H groups in total. The number of rotatable bonds is 5. The maximum absolute atomic E-state index is 12.2. The minimum atomic E-state index is -0.379. The number of hydrazine groups is 1. The molecular formula is C19H25N7O3. The first-order chi connectivity index (χ1) is 14.3. The van der Waals surface area contributed by atoms with Gasteiger partial charge in [0, 0.05) is 37.9 Å². The number of amides is 2.